The van der Waals surface area contributed by atoms with Gasteiger partial charge in [0.25, 0.3) is 0 Å². The SMILES string of the molecule is COc1ccc(C(c2ccc(Br)cc2)N2CCC(C(=O)O)CC2)c(OC)c1OC. The van der Waals surface area contributed by atoms with E-state index in [0.29, 0.717) is 43.2 Å². The fraction of sp³-hybridized carbons (Fsp3) is 0.409. The van der Waals surface area contributed by atoms with Crippen LogP contribution in [0.2, 0.25) is 0 Å². The minimum atomic E-state index is -0.714. The number of rotatable bonds is 7. The summed E-state index contributed by atoms with van der Waals surface area (Å²) in [6, 6.07) is 12.0. The zero-order chi connectivity index (χ0) is 21.0. The third kappa shape index (κ3) is 4.51. The summed E-state index contributed by atoms with van der Waals surface area (Å²) >= 11 is 3.50. The maximum absolute atomic E-state index is 11.4. The van der Waals surface area contributed by atoms with Gasteiger partial charge >= 0.3 is 5.97 Å². The Morgan fingerprint density at radius 2 is 1.62 bits per heavy atom. The number of halogens is 1. The zero-order valence-corrected chi connectivity index (χ0v) is 18.4. The molecule has 0 aliphatic carbocycles. The number of hydrogen-bond acceptors (Lipinski definition) is 5. The van der Waals surface area contributed by atoms with Crippen LogP contribution in [0.3, 0.4) is 0 Å². The first-order chi connectivity index (χ1) is 14.0. The lowest BCUT2D eigenvalue weighted by molar-refractivity contribution is -0.143. The monoisotopic (exact) mass is 463 g/mol. The molecule has 0 aromatic heterocycles. The molecule has 1 heterocycles. The molecule has 2 aromatic carbocycles. The largest absolute Gasteiger partial charge is 0.493 e. The maximum atomic E-state index is 11.4. The first-order valence-electron chi connectivity index (χ1n) is 9.51. The Bertz CT molecular complexity index is 847. The van der Waals surface area contributed by atoms with Crippen LogP contribution in [-0.4, -0.2) is 50.4 Å². The topological polar surface area (TPSA) is 68.2 Å². The molecular formula is C22H26BrNO5. The highest BCUT2D eigenvalue weighted by Gasteiger charge is 2.33. The second kappa shape index (κ2) is 9.50. The molecule has 156 valence electrons. The molecule has 3 rings (SSSR count). The zero-order valence-electron chi connectivity index (χ0n) is 16.9. The molecule has 6 nitrogen and oxygen atoms in total. The predicted octanol–water partition coefficient (Wildman–Crippen LogP) is 4.36. The summed E-state index contributed by atoms with van der Waals surface area (Å²) in [4.78, 5) is 13.7. The van der Waals surface area contributed by atoms with Gasteiger partial charge in [0.1, 0.15) is 0 Å². The number of benzene rings is 2. The van der Waals surface area contributed by atoms with Crippen molar-refractivity contribution in [2.24, 2.45) is 5.92 Å². The summed E-state index contributed by atoms with van der Waals surface area (Å²) in [5.41, 5.74) is 2.06. The molecule has 1 fully saturated rings. The van der Waals surface area contributed by atoms with E-state index in [1.807, 2.05) is 24.3 Å². The first-order valence-corrected chi connectivity index (χ1v) is 10.3. The van der Waals surface area contributed by atoms with Gasteiger partial charge in [-0.05, 0) is 55.8 Å². The Labute approximate surface area is 179 Å². The van der Waals surface area contributed by atoms with Gasteiger partial charge in [-0.1, -0.05) is 28.1 Å². The van der Waals surface area contributed by atoms with Crippen molar-refractivity contribution < 1.29 is 24.1 Å². The first kappa shape index (κ1) is 21.5. The molecule has 29 heavy (non-hydrogen) atoms. The van der Waals surface area contributed by atoms with E-state index in [1.165, 1.54) is 0 Å². The molecule has 1 aliphatic heterocycles. The number of hydrogen-bond donors (Lipinski definition) is 1. The standard InChI is InChI=1S/C22H26BrNO5/c1-27-18-9-8-17(20(28-2)21(18)29-3)19(14-4-6-16(23)7-5-14)24-12-10-15(11-13-24)22(25)26/h4-9,15,19H,10-13H2,1-3H3,(H,25,26). The van der Waals surface area contributed by atoms with Crippen molar-refractivity contribution in [2.75, 3.05) is 34.4 Å². The van der Waals surface area contributed by atoms with Crippen LogP contribution in [0.15, 0.2) is 40.9 Å². The number of carbonyl (C=O) groups is 1. The van der Waals surface area contributed by atoms with E-state index in [2.05, 4.69) is 33.0 Å². The number of piperidine rings is 1. The fourth-order valence-electron chi connectivity index (χ4n) is 3.98. The molecule has 1 aliphatic rings. The summed E-state index contributed by atoms with van der Waals surface area (Å²) in [5.74, 6) is 0.778. The van der Waals surface area contributed by atoms with Crippen LogP contribution in [0.1, 0.15) is 30.0 Å². The van der Waals surface area contributed by atoms with Crippen molar-refractivity contribution in [1.29, 1.82) is 0 Å². The number of carboxylic acids is 1. The number of likely N-dealkylation sites (tertiary alicyclic amines) is 1. The molecule has 1 saturated heterocycles. The predicted molar refractivity (Wildman–Crippen MR) is 114 cm³/mol. The Kier molecular flexibility index (Phi) is 7.03. The number of carboxylic acid groups (broad SMARTS) is 1. The van der Waals surface area contributed by atoms with Gasteiger partial charge in [-0.15, -0.1) is 0 Å². The van der Waals surface area contributed by atoms with Crippen molar-refractivity contribution >= 4 is 21.9 Å². The van der Waals surface area contributed by atoms with E-state index in [-0.39, 0.29) is 12.0 Å². The van der Waals surface area contributed by atoms with E-state index in [4.69, 9.17) is 14.2 Å². The van der Waals surface area contributed by atoms with Crippen LogP contribution < -0.4 is 14.2 Å². The highest BCUT2D eigenvalue weighted by Crippen LogP contribution is 2.45. The van der Waals surface area contributed by atoms with Crippen molar-refractivity contribution in [3.8, 4) is 17.2 Å². The number of nitrogens with zero attached hydrogens (tertiary/aromatic N) is 1. The third-order valence-corrected chi connectivity index (χ3v) is 5.99. The Balaban J connectivity index is 2.07. The van der Waals surface area contributed by atoms with Crippen LogP contribution in [0.5, 0.6) is 17.2 Å². The van der Waals surface area contributed by atoms with E-state index in [1.54, 1.807) is 21.3 Å². The van der Waals surface area contributed by atoms with Crippen LogP contribution in [0, 0.1) is 5.92 Å². The average Bonchev–Trinajstić information content (AvgIpc) is 2.75. The van der Waals surface area contributed by atoms with Gasteiger partial charge in [0.2, 0.25) is 5.75 Å². The number of aliphatic carboxylic acids is 1. The minimum Gasteiger partial charge on any atom is -0.493 e. The molecule has 2 aromatic rings. The second-order valence-corrected chi connectivity index (χ2v) is 7.94. The van der Waals surface area contributed by atoms with Gasteiger partial charge in [0, 0.05) is 10.0 Å². The van der Waals surface area contributed by atoms with Crippen molar-refractivity contribution in [2.45, 2.75) is 18.9 Å². The lowest BCUT2D eigenvalue weighted by Crippen LogP contribution is -2.39. The third-order valence-electron chi connectivity index (χ3n) is 5.46. The molecule has 0 bridgehead atoms. The number of methoxy groups -OCH3 is 3. The van der Waals surface area contributed by atoms with E-state index >= 15 is 0 Å². The number of ether oxygens (including phenoxy) is 3. The summed E-state index contributed by atoms with van der Waals surface area (Å²) in [6.07, 6.45) is 1.25. The summed E-state index contributed by atoms with van der Waals surface area (Å²) in [5, 5.41) is 9.36. The molecule has 7 heteroatoms. The molecule has 0 amide bonds. The molecule has 0 spiro atoms. The van der Waals surface area contributed by atoms with Crippen molar-refractivity contribution in [3.05, 3.63) is 52.0 Å². The van der Waals surface area contributed by atoms with Crippen molar-refractivity contribution in [1.82, 2.24) is 4.90 Å². The molecule has 1 N–H and O–H groups in total. The molecular weight excluding hydrogens is 438 g/mol. The normalized spacial score (nSPS) is 16.3. The highest BCUT2D eigenvalue weighted by atomic mass is 79.9. The van der Waals surface area contributed by atoms with Gasteiger partial charge in [-0.25, -0.2) is 0 Å². The Morgan fingerprint density at radius 1 is 1.00 bits per heavy atom. The van der Waals surface area contributed by atoms with Gasteiger partial charge < -0.3 is 19.3 Å². The van der Waals surface area contributed by atoms with E-state index in [0.717, 1.165) is 15.6 Å². The Hall–Kier alpha value is -2.25. The second-order valence-electron chi connectivity index (χ2n) is 7.03. The lowest BCUT2D eigenvalue weighted by Gasteiger charge is -2.37. The molecule has 0 radical (unpaired) electrons. The van der Waals surface area contributed by atoms with Gasteiger partial charge in [-0.2, -0.15) is 0 Å². The van der Waals surface area contributed by atoms with Crippen LogP contribution in [-0.2, 0) is 4.79 Å². The van der Waals surface area contributed by atoms with E-state index < -0.39 is 5.97 Å². The molecule has 0 saturated carbocycles. The highest BCUT2D eigenvalue weighted by molar-refractivity contribution is 9.10. The lowest BCUT2D eigenvalue weighted by atomic mass is 9.90. The van der Waals surface area contributed by atoms with Crippen LogP contribution in [0.25, 0.3) is 0 Å². The van der Waals surface area contributed by atoms with Gasteiger partial charge in [-0.3, -0.25) is 9.69 Å². The van der Waals surface area contributed by atoms with E-state index in [9.17, 15) is 9.90 Å². The average molecular weight is 464 g/mol. The van der Waals surface area contributed by atoms with Gasteiger partial charge in [0.15, 0.2) is 11.5 Å². The summed E-state index contributed by atoms with van der Waals surface area (Å²) in [6.45, 7) is 1.38. The Morgan fingerprint density at radius 3 is 2.14 bits per heavy atom. The van der Waals surface area contributed by atoms with Gasteiger partial charge in [0.05, 0.1) is 33.3 Å². The van der Waals surface area contributed by atoms with Crippen molar-refractivity contribution in [3.63, 3.8) is 0 Å². The summed E-state index contributed by atoms with van der Waals surface area (Å²) < 4.78 is 17.8. The summed E-state index contributed by atoms with van der Waals surface area (Å²) in [7, 11) is 4.81. The molecule has 1 unspecified atom stereocenters. The van der Waals surface area contributed by atoms with Crippen LogP contribution in [0.4, 0.5) is 0 Å². The quantitative estimate of drug-likeness (QED) is 0.657. The maximum Gasteiger partial charge on any atom is 0.306 e. The smallest absolute Gasteiger partial charge is 0.306 e. The molecule has 1 atom stereocenters. The van der Waals surface area contributed by atoms with Crippen LogP contribution >= 0.6 is 15.9 Å². The minimum absolute atomic E-state index is 0.0902. The fourth-order valence-corrected chi connectivity index (χ4v) is 4.24.